The van der Waals surface area contributed by atoms with Crippen molar-refractivity contribution in [3.05, 3.63) is 35.4 Å². The Morgan fingerprint density at radius 1 is 1.30 bits per heavy atom. The Hall–Kier alpha value is -1.88. The third kappa shape index (κ3) is 2.18. The fourth-order valence-corrected chi connectivity index (χ4v) is 3.04. The third-order valence-corrected chi connectivity index (χ3v) is 4.04. The van der Waals surface area contributed by atoms with Crippen LogP contribution in [0.25, 0.3) is 0 Å². The first-order valence-electron chi connectivity index (χ1n) is 6.91. The van der Waals surface area contributed by atoms with Gasteiger partial charge in [-0.05, 0) is 30.4 Å². The summed E-state index contributed by atoms with van der Waals surface area (Å²) in [5.74, 6) is -1.15. The van der Waals surface area contributed by atoms with E-state index in [0.717, 1.165) is 24.0 Å². The second kappa shape index (κ2) is 5.25. The summed E-state index contributed by atoms with van der Waals surface area (Å²) in [5, 5.41) is 9.19. The molecule has 1 saturated heterocycles. The van der Waals surface area contributed by atoms with Crippen molar-refractivity contribution in [1.29, 1.82) is 0 Å². The number of aliphatic carboxylic acids is 1. The number of likely N-dealkylation sites (tertiary alicyclic amines) is 1. The molecule has 0 saturated carbocycles. The van der Waals surface area contributed by atoms with Gasteiger partial charge in [-0.2, -0.15) is 0 Å². The van der Waals surface area contributed by atoms with Gasteiger partial charge in [-0.25, -0.2) is 4.79 Å². The largest absolute Gasteiger partial charge is 0.480 e. The smallest absolute Gasteiger partial charge is 0.326 e. The molecule has 2 heterocycles. The van der Waals surface area contributed by atoms with Crippen molar-refractivity contribution in [2.24, 2.45) is 0 Å². The number of carboxylic acid groups (broad SMARTS) is 1. The number of rotatable bonds is 2. The molecule has 2 aliphatic rings. The molecular weight excluding hydrogens is 258 g/mol. The van der Waals surface area contributed by atoms with Crippen LogP contribution < -0.4 is 0 Å². The van der Waals surface area contributed by atoms with Crippen LogP contribution >= 0.6 is 0 Å². The van der Waals surface area contributed by atoms with Gasteiger partial charge in [0.05, 0.1) is 6.61 Å². The average molecular weight is 275 g/mol. The highest BCUT2D eigenvalue weighted by Crippen LogP contribution is 2.31. The number of nitrogens with zero attached hydrogens (tertiary/aromatic N) is 1. The van der Waals surface area contributed by atoms with E-state index in [1.54, 1.807) is 0 Å². The number of hydrogen-bond donors (Lipinski definition) is 1. The van der Waals surface area contributed by atoms with Crippen LogP contribution in [0.5, 0.6) is 0 Å². The quantitative estimate of drug-likeness (QED) is 0.885. The van der Waals surface area contributed by atoms with Gasteiger partial charge >= 0.3 is 5.97 Å². The van der Waals surface area contributed by atoms with Crippen molar-refractivity contribution in [3.8, 4) is 0 Å². The molecule has 3 rings (SSSR count). The molecule has 2 atom stereocenters. The van der Waals surface area contributed by atoms with Gasteiger partial charge in [-0.3, -0.25) is 4.79 Å². The molecule has 1 amide bonds. The maximum absolute atomic E-state index is 12.6. The molecule has 2 aliphatic heterocycles. The molecule has 20 heavy (non-hydrogen) atoms. The number of carbonyl (C=O) groups is 2. The van der Waals surface area contributed by atoms with E-state index in [1.165, 1.54) is 4.90 Å². The molecule has 2 unspecified atom stereocenters. The van der Waals surface area contributed by atoms with Crippen LogP contribution in [-0.4, -0.2) is 41.1 Å². The van der Waals surface area contributed by atoms with Crippen molar-refractivity contribution in [2.75, 3.05) is 13.2 Å². The second-order valence-corrected chi connectivity index (χ2v) is 5.23. The maximum Gasteiger partial charge on any atom is 0.326 e. The van der Waals surface area contributed by atoms with Crippen LogP contribution in [0.1, 0.15) is 30.1 Å². The van der Waals surface area contributed by atoms with E-state index in [0.29, 0.717) is 19.6 Å². The first kappa shape index (κ1) is 13.1. The van der Waals surface area contributed by atoms with Gasteiger partial charge in [0.25, 0.3) is 5.91 Å². The molecule has 0 bridgehead atoms. The minimum atomic E-state index is -0.931. The topological polar surface area (TPSA) is 66.8 Å². The van der Waals surface area contributed by atoms with E-state index in [9.17, 15) is 14.7 Å². The fraction of sp³-hybridized carbons (Fsp3) is 0.467. The standard InChI is InChI=1S/C15H17NO4/c17-14(16-8-3-6-12(16)15(18)19)13-11-5-2-1-4-10(11)7-9-20-13/h1-2,4-5,12-13H,3,6-9H2,(H,18,19). The summed E-state index contributed by atoms with van der Waals surface area (Å²) in [6.07, 6.45) is 1.40. The van der Waals surface area contributed by atoms with Gasteiger partial charge in [0.15, 0.2) is 6.10 Å². The molecule has 106 valence electrons. The van der Waals surface area contributed by atoms with E-state index in [1.807, 2.05) is 24.3 Å². The second-order valence-electron chi connectivity index (χ2n) is 5.23. The minimum Gasteiger partial charge on any atom is -0.480 e. The summed E-state index contributed by atoms with van der Waals surface area (Å²) in [6, 6.07) is 7.01. The Bertz CT molecular complexity index is 542. The lowest BCUT2D eigenvalue weighted by Crippen LogP contribution is -2.44. The van der Waals surface area contributed by atoms with Gasteiger partial charge < -0.3 is 14.7 Å². The van der Waals surface area contributed by atoms with E-state index in [4.69, 9.17) is 4.74 Å². The van der Waals surface area contributed by atoms with Crippen LogP contribution in [0.3, 0.4) is 0 Å². The number of ether oxygens (including phenoxy) is 1. The Kier molecular flexibility index (Phi) is 3.44. The summed E-state index contributed by atoms with van der Waals surface area (Å²) >= 11 is 0. The number of carbonyl (C=O) groups excluding carboxylic acids is 1. The average Bonchev–Trinajstić information content (AvgIpc) is 2.95. The summed E-state index contributed by atoms with van der Waals surface area (Å²) in [6.45, 7) is 0.997. The van der Waals surface area contributed by atoms with Crippen LogP contribution in [0.15, 0.2) is 24.3 Å². The van der Waals surface area contributed by atoms with Crippen LogP contribution in [0.2, 0.25) is 0 Å². The van der Waals surface area contributed by atoms with Gasteiger partial charge in [-0.15, -0.1) is 0 Å². The number of fused-ring (bicyclic) bond motifs is 1. The number of hydrogen-bond acceptors (Lipinski definition) is 3. The molecule has 0 aromatic heterocycles. The predicted octanol–water partition coefficient (Wildman–Crippen LogP) is 1.38. The lowest BCUT2D eigenvalue weighted by Gasteiger charge is -2.30. The van der Waals surface area contributed by atoms with Gasteiger partial charge in [0.2, 0.25) is 0 Å². The monoisotopic (exact) mass is 275 g/mol. The molecule has 0 aliphatic carbocycles. The first-order valence-corrected chi connectivity index (χ1v) is 6.91. The molecule has 1 fully saturated rings. The molecule has 5 nitrogen and oxygen atoms in total. The summed E-state index contributed by atoms with van der Waals surface area (Å²) in [7, 11) is 0. The Balaban J connectivity index is 1.87. The van der Waals surface area contributed by atoms with Gasteiger partial charge in [0.1, 0.15) is 6.04 Å². The summed E-state index contributed by atoms with van der Waals surface area (Å²) in [4.78, 5) is 25.3. The highest BCUT2D eigenvalue weighted by Gasteiger charge is 2.39. The van der Waals surface area contributed by atoms with Crippen molar-refractivity contribution >= 4 is 11.9 Å². The lowest BCUT2D eigenvalue weighted by atomic mass is 9.96. The van der Waals surface area contributed by atoms with Crippen molar-refractivity contribution < 1.29 is 19.4 Å². The molecule has 1 N–H and O–H groups in total. The highest BCUT2D eigenvalue weighted by atomic mass is 16.5. The zero-order chi connectivity index (χ0) is 14.1. The minimum absolute atomic E-state index is 0.220. The zero-order valence-electron chi connectivity index (χ0n) is 11.1. The summed E-state index contributed by atoms with van der Waals surface area (Å²) in [5.41, 5.74) is 1.99. The maximum atomic E-state index is 12.6. The Morgan fingerprint density at radius 3 is 2.90 bits per heavy atom. The van der Waals surface area contributed by atoms with E-state index in [-0.39, 0.29) is 5.91 Å². The highest BCUT2D eigenvalue weighted by molar-refractivity contribution is 5.88. The molecule has 5 heteroatoms. The number of benzene rings is 1. The van der Waals surface area contributed by atoms with E-state index >= 15 is 0 Å². The van der Waals surface area contributed by atoms with Crippen molar-refractivity contribution in [1.82, 2.24) is 4.90 Å². The zero-order valence-corrected chi connectivity index (χ0v) is 11.1. The normalized spacial score (nSPS) is 25.3. The first-order chi connectivity index (χ1) is 9.68. The van der Waals surface area contributed by atoms with Crippen molar-refractivity contribution in [2.45, 2.75) is 31.4 Å². The Morgan fingerprint density at radius 2 is 2.10 bits per heavy atom. The van der Waals surface area contributed by atoms with Crippen LogP contribution in [-0.2, 0) is 20.7 Å². The molecule has 1 aromatic carbocycles. The van der Waals surface area contributed by atoms with Crippen molar-refractivity contribution in [3.63, 3.8) is 0 Å². The van der Waals surface area contributed by atoms with Gasteiger partial charge in [-0.1, -0.05) is 24.3 Å². The lowest BCUT2D eigenvalue weighted by molar-refractivity contribution is -0.154. The predicted molar refractivity (Wildman–Crippen MR) is 71.2 cm³/mol. The molecular formula is C15H17NO4. The summed E-state index contributed by atoms with van der Waals surface area (Å²) < 4.78 is 5.62. The molecule has 0 radical (unpaired) electrons. The van der Waals surface area contributed by atoms with E-state index < -0.39 is 18.1 Å². The van der Waals surface area contributed by atoms with Crippen LogP contribution in [0, 0.1) is 0 Å². The van der Waals surface area contributed by atoms with E-state index in [2.05, 4.69) is 0 Å². The fourth-order valence-electron chi connectivity index (χ4n) is 3.04. The third-order valence-electron chi connectivity index (χ3n) is 4.04. The van der Waals surface area contributed by atoms with Crippen LogP contribution in [0.4, 0.5) is 0 Å². The van der Waals surface area contributed by atoms with Gasteiger partial charge in [0, 0.05) is 6.54 Å². The number of carboxylic acids is 1. The molecule has 1 aromatic rings. The molecule has 0 spiro atoms. The Labute approximate surface area is 117 Å². The SMILES string of the molecule is O=C(O)C1CCCN1C(=O)C1OCCc2ccccc21. The number of amides is 1.